The second-order valence-electron chi connectivity index (χ2n) is 7.08. The number of hydrogen-bond donors (Lipinski definition) is 1. The molecule has 3 nitrogen and oxygen atoms in total. The van der Waals surface area contributed by atoms with E-state index >= 15 is 0 Å². The summed E-state index contributed by atoms with van der Waals surface area (Å²) in [6.07, 6.45) is 0. The Morgan fingerprint density at radius 3 is 2.04 bits per heavy atom. The fraction of sp³-hybridized carbons (Fsp3) is 0.125. The maximum Gasteiger partial charge on any atom is 0.279 e. The van der Waals surface area contributed by atoms with Crippen LogP contribution in [0.5, 0.6) is 0 Å². The van der Waals surface area contributed by atoms with Gasteiger partial charge in [-0.3, -0.25) is 9.89 Å². The molecule has 0 aliphatic rings. The summed E-state index contributed by atoms with van der Waals surface area (Å²) in [6, 6.07) is 24.3. The fourth-order valence-corrected chi connectivity index (χ4v) is 3.38. The zero-order valence-electron chi connectivity index (χ0n) is 15.8. The molecular weight excluding hydrogens is 332 g/mol. The molecule has 0 unspecified atom stereocenters. The highest BCUT2D eigenvalue weighted by Crippen LogP contribution is 2.29. The van der Waals surface area contributed by atoms with Gasteiger partial charge in [0.1, 0.15) is 0 Å². The molecule has 0 aliphatic heterocycles. The first-order valence-electron chi connectivity index (χ1n) is 9.09. The molecule has 0 amide bonds. The van der Waals surface area contributed by atoms with Crippen LogP contribution >= 0.6 is 0 Å². The third kappa shape index (κ3) is 3.24. The van der Waals surface area contributed by atoms with E-state index in [0.29, 0.717) is 5.56 Å². The van der Waals surface area contributed by atoms with Crippen LogP contribution in [-0.4, -0.2) is 9.78 Å². The molecule has 0 bridgehead atoms. The predicted octanol–water partition coefficient (Wildman–Crippen LogP) is 5.42. The van der Waals surface area contributed by atoms with Crippen LogP contribution in [0.2, 0.25) is 0 Å². The Morgan fingerprint density at radius 1 is 0.704 bits per heavy atom. The normalized spacial score (nSPS) is 10.9. The van der Waals surface area contributed by atoms with Crippen molar-refractivity contribution in [2.24, 2.45) is 0 Å². The lowest BCUT2D eigenvalue weighted by Gasteiger charge is -2.05. The number of aromatic amines is 1. The van der Waals surface area contributed by atoms with Crippen molar-refractivity contribution in [3.8, 4) is 28.1 Å². The van der Waals surface area contributed by atoms with Crippen molar-refractivity contribution >= 4 is 0 Å². The van der Waals surface area contributed by atoms with Gasteiger partial charge in [-0.2, -0.15) is 0 Å². The first kappa shape index (κ1) is 17.1. The number of hydrogen-bond acceptors (Lipinski definition) is 1. The van der Waals surface area contributed by atoms with Crippen LogP contribution in [0.3, 0.4) is 0 Å². The third-order valence-corrected chi connectivity index (χ3v) is 4.80. The molecule has 1 N–H and O–H groups in total. The number of benzene rings is 3. The highest BCUT2D eigenvalue weighted by Gasteiger charge is 2.18. The molecule has 1 aromatic heterocycles. The van der Waals surface area contributed by atoms with Gasteiger partial charge in [0, 0.05) is 5.56 Å². The molecule has 3 heteroatoms. The van der Waals surface area contributed by atoms with E-state index in [4.69, 9.17) is 0 Å². The van der Waals surface area contributed by atoms with Gasteiger partial charge in [0.2, 0.25) is 0 Å². The van der Waals surface area contributed by atoms with Crippen molar-refractivity contribution < 1.29 is 0 Å². The zero-order valence-corrected chi connectivity index (χ0v) is 15.8. The summed E-state index contributed by atoms with van der Waals surface area (Å²) in [5, 5.41) is 3.35. The van der Waals surface area contributed by atoms with Crippen LogP contribution in [-0.2, 0) is 0 Å². The van der Waals surface area contributed by atoms with Crippen LogP contribution in [0.15, 0.2) is 77.6 Å². The Kier molecular flexibility index (Phi) is 4.28. The zero-order chi connectivity index (χ0) is 19.0. The molecule has 0 fully saturated rings. The average Bonchev–Trinajstić information content (AvgIpc) is 3.00. The predicted molar refractivity (Wildman–Crippen MR) is 111 cm³/mol. The molecule has 4 aromatic rings. The largest absolute Gasteiger partial charge is 0.290 e. The monoisotopic (exact) mass is 354 g/mol. The van der Waals surface area contributed by atoms with E-state index in [0.717, 1.165) is 33.6 Å². The smallest absolute Gasteiger partial charge is 0.279 e. The summed E-state index contributed by atoms with van der Waals surface area (Å²) in [5.41, 5.74) is 7.71. The SMILES string of the molecule is Cc1ccc(-c2c(-c3cccc(C)c3)[nH]n(-c3cccc(C)c3)c2=O)cc1. The van der Waals surface area contributed by atoms with Gasteiger partial charge >= 0.3 is 0 Å². The lowest BCUT2D eigenvalue weighted by Crippen LogP contribution is -2.15. The maximum atomic E-state index is 13.4. The highest BCUT2D eigenvalue weighted by atomic mass is 16.1. The molecule has 0 saturated heterocycles. The van der Waals surface area contributed by atoms with Crippen molar-refractivity contribution in [3.63, 3.8) is 0 Å². The van der Waals surface area contributed by atoms with E-state index in [9.17, 15) is 4.79 Å². The van der Waals surface area contributed by atoms with Crippen LogP contribution in [0.4, 0.5) is 0 Å². The summed E-state index contributed by atoms with van der Waals surface area (Å²) in [6.45, 7) is 6.14. The van der Waals surface area contributed by atoms with Crippen LogP contribution in [0.1, 0.15) is 16.7 Å². The van der Waals surface area contributed by atoms with E-state index in [1.807, 2.05) is 74.5 Å². The third-order valence-electron chi connectivity index (χ3n) is 4.80. The van der Waals surface area contributed by atoms with Gasteiger partial charge in [0.05, 0.1) is 16.9 Å². The number of nitrogens with zero attached hydrogens (tertiary/aromatic N) is 1. The average molecular weight is 354 g/mol. The number of H-pyrrole nitrogens is 1. The molecule has 4 rings (SSSR count). The number of aromatic nitrogens is 2. The molecule has 3 aromatic carbocycles. The molecule has 0 saturated carbocycles. The van der Waals surface area contributed by atoms with Crippen molar-refractivity contribution in [2.45, 2.75) is 20.8 Å². The minimum atomic E-state index is -0.0408. The molecule has 1 heterocycles. The Balaban J connectivity index is 2.00. The van der Waals surface area contributed by atoms with Gasteiger partial charge in [-0.05, 0) is 50.1 Å². The van der Waals surface area contributed by atoms with E-state index in [2.05, 4.69) is 24.2 Å². The van der Waals surface area contributed by atoms with Gasteiger partial charge in [-0.1, -0.05) is 65.7 Å². The number of rotatable bonds is 3. The lowest BCUT2D eigenvalue weighted by molar-refractivity contribution is 0.851. The summed E-state index contributed by atoms with van der Waals surface area (Å²) < 4.78 is 1.64. The Bertz CT molecular complexity index is 1160. The van der Waals surface area contributed by atoms with Crippen molar-refractivity contribution in [1.82, 2.24) is 9.78 Å². The highest BCUT2D eigenvalue weighted by molar-refractivity contribution is 5.81. The number of aryl methyl sites for hydroxylation is 3. The molecular formula is C24H22N2O. The van der Waals surface area contributed by atoms with Gasteiger partial charge in [-0.15, -0.1) is 0 Å². The van der Waals surface area contributed by atoms with Gasteiger partial charge in [0.15, 0.2) is 0 Å². The van der Waals surface area contributed by atoms with E-state index < -0.39 is 0 Å². The van der Waals surface area contributed by atoms with Crippen LogP contribution in [0, 0.1) is 20.8 Å². The maximum absolute atomic E-state index is 13.4. The summed E-state index contributed by atoms with van der Waals surface area (Å²) >= 11 is 0. The molecule has 0 radical (unpaired) electrons. The van der Waals surface area contributed by atoms with Crippen LogP contribution in [0.25, 0.3) is 28.1 Å². The fourth-order valence-electron chi connectivity index (χ4n) is 3.38. The first-order valence-corrected chi connectivity index (χ1v) is 9.09. The number of nitrogens with one attached hydrogen (secondary N) is 1. The summed E-state index contributed by atoms with van der Waals surface area (Å²) in [5.74, 6) is 0. The second-order valence-corrected chi connectivity index (χ2v) is 7.08. The quantitative estimate of drug-likeness (QED) is 0.524. The van der Waals surface area contributed by atoms with E-state index in [-0.39, 0.29) is 5.56 Å². The molecule has 27 heavy (non-hydrogen) atoms. The van der Waals surface area contributed by atoms with Crippen molar-refractivity contribution in [1.29, 1.82) is 0 Å². The standard InChI is InChI=1S/C24H22N2O/c1-16-10-12-19(13-11-16)22-23(20-8-4-6-17(2)14-20)25-26(24(22)27)21-9-5-7-18(3)15-21/h4-15,25H,1-3H3. The molecule has 0 spiro atoms. The Morgan fingerprint density at radius 2 is 1.37 bits per heavy atom. The topological polar surface area (TPSA) is 37.8 Å². The van der Waals surface area contributed by atoms with Crippen molar-refractivity contribution in [2.75, 3.05) is 0 Å². The Labute approximate surface area is 158 Å². The van der Waals surface area contributed by atoms with E-state index in [1.165, 1.54) is 5.56 Å². The lowest BCUT2D eigenvalue weighted by atomic mass is 10.00. The van der Waals surface area contributed by atoms with Crippen molar-refractivity contribution in [3.05, 3.63) is 99.8 Å². The van der Waals surface area contributed by atoms with Gasteiger partial charge in [0.25, 0.3) is 5.56 Å². The van der Waals surface area contributed by atoms with Crippen LogP contribution < -0.4 is 5.56 Å². The Hall–Kier alpha value is -3.33. The first-order chi connectivity index (χ1) is 13.0. The minimum Gasteiger partial charge on any atom is -0.290 e. The summed E-state index contributed by atoms with van der Waals surface area (Å²) in [4.78, 5) is 13.4. The molecule has 134 valence electrons. The van der Waals surface area contributed by atoms with Gasteiger partial charge in [-0.25, -0.2) is 4.68 Å². The van der Waals surface area contributed by atoms with Gasteiger partial charge < -0.3 is 0 Å². The van der Waals surface area contributed by atoms with E-state index in [1.54, 1.807) is 4.68 Å². The summed E-state index contributed by atoms with van der Waals surface area (Å²) in [7, 11) is 0. The molecule has 0 aliphatic carbocycles. The molecule has 0 atom stereocenters. The minimum absolute atomic E-state index is 0.0408. The second kappa shape index (κ2) is 6.76.